The fraction of sp³-hybridized carbons (Fsp3) is 0.514. The number of pyridine rings is 1. The molecule has 14 heteroatoms. The van der Waals surface area contributed by atoms with Gasteiger partial charge in [0.15, 0.2) is 0 Å². The molecule has 5 rings (SSSR count). The largest absolute Gasteiger partial charge is 0.507 e. The van der Waals surface area contributed by atoms with E-state index in [1.807, 2.05) is 12.1 Å². The number of para-hydroxylation sites is 1. The van der Waals surface area contributed by atoms with Crippen molar-refractivity contribution in [3.8, 4) is 11.5 Å². The summed E-state index contributed by atoms with van der Waals surface area (Å²) in [5.41, 5.74) is 0.574. The highest BCUT2D eigenvalue weighted by atomic mass is 19.4. The summed E-state index contributed by atoms with van der Waals surface area (Å²) >= 11 is 0. The van der Waals surface area contributed by atoms with Crippen molar-refractivity contribution in [2.24, 2.45) is 0 Å². The Morgan fingerprint density at radius 1 is 0.959 bits per heavy atom. The lowest BCUT2D eigenvalue weighted by molar-refractivity contribution is -0.200. The molecule has 266 valence electrons. The molecule has 0 aliphatic carbocycles. The molecule has 3 heterocycles. The first-order chi connectivity index (χ1) is 23.0. The fourth-order valence-corrected chi connectivity index (χ4v) is 6.48. The number of nitrogens with one attached hydrogen (secondary N) is 1. The van der Waals surface area contributed by atoms with Crippen molar-refractivity contribution in [3.05, 3.63) is 69.5 Å². The van der Waals surface area contributed by atoms with E-state index in [0.29, 0.717) is 67.3 Å². The van der Waals surface area contributed by atoms with E-state index in [4.69, 9.17) is 9.47 Å². The van der Waals surface area contributed by atoms with Gasteiger partial charge in [-0.3, -0.25) is 14.5 Å². The predicted molar refractivity (Wildman–Crippen MR) is 175 cm³/mol. The van der Waals surface area contributed by atoms with E-state index in [-0.39, 0.29) is 49.8 Å². The number of carbonyl (C=O) groups is 2. The van der Waals surface area contributed by atoms with Crippen molar-refractivity contribution in [3.63, 3.8) is 0 Å². The van der Waals surface area contributed by atoms with E-state index < -0.39 is 29.4 Å². The first-order valence-corrected chi connectivity index (χ1v) is 16.4. The zero-order chi connectivity index (χ0) is 35.6. The van der Waals surface area contributed by atoms with Crippen molar-refractivity contribution in [2.45, 2.75) is 70.4 Å². The van der Waals surface area contributed by atoms with Gasteiger partial charge in [0.1, 0.15) is 17.1 Å². The highest BCUT2D eigenvalue weighted by molar-refractivity contribution is 5.87. The molecule has 3 aromatic rings. The number of morpholine rings is 1. The highest BCUT2D eigenvalue weighted by Crippen LogP contribution is 2.34. The smallest absolute Gasteiger partial charge is 0.471 e. The lowest BCUT2D eigenvalue weighted by Crippen LogP contribution is -2.59. The molecule has 2 aliphatic rings. The number of hydrogen-bond acceptors (Lipinski definition) is 8. The summed E-state index contributed by atoms with van der Waals surface area (Å²) in [4.78, 5) is 44.1. The number of benzene rings is 2. The minimum Gasteiger partial charge on any atom is -0.507 e. The number of rotatable bonds is 8. The molecular weight excluding hydrogens is 645 g/mol. The van der Waals surface area contributed by atoms with Crippen LogP contribution in [-0.4, -0.2) is 105 Å². The van der Waals surface area contributed by atoms with Crippen molar-refractivity contribution in [1.82, 2.24) is 19.7 Å². The SMILES string of the molecule is CC(C)(C)OC(=O)N(CCc1cccc(CN2CCC3(CC2)CN(C(=O)C(F)(F)F)CCO3)c1O)CCc1ccc(O)c2[nH]c(=O)ccc12. The Labute approximate surface area is 282 Å². The van der Waals surface area contributed by atoms with Crippen LogP contribution in [0, 0.1) is 0 Å². The van der Waals surface area contributed by atoms with Gasteiger partial charge in [0.05, 0.1) is 24.3 Å². The molecule has 2 amide bonds. The highest BCUT2D eigenvalue weighted by Gasteiger charge is 2.48. The van der Waals surface area contributed by atoms with Gasteiger partial charge in [0.2, 0.25) is 5.56 Å². The zero-order valence-corrected chi connectivity index (χ0v) is 27.9. The lowest BCUT2D eigenvalue weighted by Gasteiger charge is -2.47. The summed E-state index contributed by atoms with van der Waals surface area (Å²) in [6, 6.07) is 11.7. The number of likely N-dealkylation sites (tertiary alicyclic amines) is 1. The summed E-state index contributed by atoms with van der Waals surface area (Å²) in [7, 11) is 0. The average Bonchev–Trinajstić information content (AvgIpc) is 3.03. The minimum absolute atomic E-state index is 0.0498. The molecule has 2 aliphatic heterocycles. The van der Waals surface area contributed by atoms with Crippen LogP contribution in [0.5, 0.6) is 11.5 Å². The van der Waals surface area contributed by atoms with Crippen LogP contribution in [0.2, 0.25) is 0 Å². The standard InChI is InChI=1S/C35H43F3N4O7/c1-33(2,3)49-32(47)41(15-11-23-7-9-27(43)29-26(23)8-10-28(44)39-29)16-12-24-5-4-6-25(30(24)45)21-40-17-13-34(14-18-40)22-42(19-20-48-34)31(46)35(36,37)38/h4-10,43,45H,11-22H2,1-3H3,(H,39,44). The van der Waals surface area contributed by atoms with Crippen molar-refractivity contribution in [2.75, 3.05) is 45.9 Å². The third kappa shape index (κ3) is 8.84. The van der Waals surface area contributed by atoms with Crippen LogP contribution in [0.25, 0.3) is 10.9 Å². The van der Waals surface area contributed by atoms with Gasteiger partial charge in [-0.25, -0.2) is 4.79 Å². The summed E-state index contributed by atoms with van der Waals surface area (Å²) in [6.45, 7) is 7.17. The van der Waals surface area contributed by atoms with Crippen LogP contribution >= 0.6 is 0 Å². The number of aromatic nitrogens is 1. The van der Waals surface area contributed by atoms with Crippen LogP contribution in [0.15, 0.2) is 47.3 Å². The van der Waals surface area contributed by atoms with E-state index in [0.717, 1.165) is 10.5 Å². The maximum absolute atomic E-state index is 13.3. The maximum Gasteiger partial charge on any atom is 0.471 e. The monoisotopic (exact) mass is 688 g/mol. The number of alkyl halides is 3. The van der Waals surface area contributed by atoms with Crippen LogP contribution in [0.3, 0.4) is 0 Å². The zero-order valence-electron chi connectivity index (χ0n) is 27.9. The number of aromatic amines is 1. The molecule has 0 radical (unpaired) electrons. The number of halogens is 3. The van der Waals surface area contributed by atoms with Gasteiger partial charge in [-0.15, -0.1) is 0 Å². The molecule has 0 bridgehead atoms. The molecule has 2 saturated heterocycles. The lowest BCUT2D eigenvalue weighted by atomic mass is 9.89. The molecule has 0 unspecified atom stereocenters. The Kier molecular flexibility index (Phi) is 10.5. The first kappa shape index (κ1) is 36.0. The number of phenolic OH excluding ortho intramolecular Hbond substituents is 2. The molecule has 11 nitrogen and oxygen atoms in total. The second-order valence-corrected chi connectivity index (χ2v) is 13.8. The molecule has 1 aromatic heterocycles. The van der Waals surface area contributed by atoms with Gasteiger partial charge in [0.25, 0.3) is 0 Å². The van der Waals surface area contributed by atoms with Gasteiger partial charge in [0, 0.05) is 56.3 Å². The normalized spacial score (nSPS) is 17.0. The van der Waals surface area contributed by atoms with Crippen LogP contribution in [0.4, 0.5) is 18.0 Å². The third-order valence-corrected chi connectivity index (χ3v) is 9.06. The molecule has 49 heavy (non-hydrogen) atoms. The summed E-state index contributed by atoms with van der Waals surface area (Å²) in [5.74, 6) is -1.78. The topological polar surface area (TPSA) is 136 Å². The fourth-order valence-electron chi connectivity index (χ4n) is 6.48. The van der Waals surface area contributed by atoms with E-state index in [1.165, 1.54) is 12.1 Å². The molecule has 3 N–H and O–H groups in total. The van der Waals surface area contributed by atoms with Crippen molar-refractivity contribution >= 4 is 22.9 Å². The second kappa shape index (κ2) is 14.3. The summed E-state index contributed by atoms with van der Waals surface area (Å²) < 4.78 is 50.7. The number of ether oxygens (including phenoxy) is 2. The van der Waals surface area contributed by atoms with Crippen molar-refractivity contribution < 1.29 is 42.4 Å². The number of fused-ring (bicyclic) bond motifs is 1. The van der Waals surface area contributed by atoms with Crippen LogP contribution < -0.4 is 5.56 Å². The van der Waals surface area contributed by atoms with Gasteiger partial charge >= 0.3 is 18.2 Å². The van der Waals surface area contributed by atoms with E-state index in [1.54, 1.807) is 43.9 Å². The van der Waals surface area contributed by atoms with E-state index >= 15 is 0 Å². The Morgan fingerprint density at radius 2 is 1.63 bits per heavy atom. The number of aromatic hydroxyl groups is 2. The van der Waals surface area contributed by atoms with E-state index in [9.17, 15) is 37.8 Å². The summed E-state index contributed by atoms with van der Waals surface area (Å²) in [6.07, 6.45) is -3.78. The second-order valence-electron chi connectivity index (χ2n) is 13.8. The molecule has 0 atom stereocenters. The van der Waals surface area contributed by atoms with Crippen LogP contribution in [0.1, 0.15) is 50.3 Å². The third-order valence-electron chi connectivity index (χ3n) is 9.06. The number of amides is 2. The molecule has 2 fully saturated rings. The minimum atomic E-state index is -4.92. The Hall–Kier alpha value is -4.30. The van der Waals surface area contributed by atoms with Crippen molar-refractivity contribution in [1.29, 1.82) is 0 Å². The number of nitrogens with zero attached hydrogens (tertiary/aromatic N) is 3. The number of carbonyl (C=O) groups excluding carboxylic acids is 2. The number of phenols is 2. The molecule has 0 saturated carbocycles. The van der Waals surface area contributed by atoms with E-state index in [2.05, 4.69) is 9.88 Å². The van der Waals surface area contributed by atoms with Gasteiger partial charge in [-0.05, 0) is 69.7 Å². The Bertz CT molecular complexity index is 1730. The predicted octanol–water partition coefficient (Wildman–Crippen LogP) is 4.72. The number of hydrogen-bond donors (Lipinski definition) is 3. The average molecular weight is 689 g/mol. The summed E-state index contributed by atoms with van der Waals surface area (Å²) in [5, 5.41) is 22.2. The molecule has 1 spiro atoms. The van der Waals surface area contributed by atoms with Gasteiger partial charge < -0.3 is 34.5 Å². The maximum atomic E-state index is 13.3. The molecule has 2 aromatic carbocycles. The van der Waals surface area contributed by atoms with Crippen LogP contribution in [-0.2, 0) is 33.7 Å². The number of H-pyrrole nitrogens is 1. The number of piperidine rings is 1. The Balaban J connectivity index is 1.23. The molecular formula is C35H43F3N4O7. The first-order valence-electron chi connectivity index (χ1n) is 16.4. The van der Waals surface area contributed by atoms with Gasteiger partial charge in [-0.1, -0.05) is 24.3 Å². The van der Waals surface area contributed by atoms with Gasteiger partial charge in [-0.2, -0.15) is 13.2 Å². The Morgan fingerprint density at radius 3 is 2.31 bits per heavy atom. The quantitative estimate of drug-likeness (QED) is 0.310.